The Hall–Kier alpha value is -1.50. The molecule has 0 unspecified atom stereocenters. The molecule has 0 rings (SSSR count). The van der Waals surface area contributed by atoms with Crippen molar-refractivity contribution in [3.8, 4) is 0 Å². The van der Waals surface area contributed by atoms with Gasteiger partial charge in [0.05, 0.1) is 13.1 Å². The fourth-order valence-electron chi connectivity index (χ4n) is 3.19. The van der Waals surface area contributed by atoms with E-state index in [4.69, 9.17) is 0 Å². The average molecular weight is 467 g/mol. The van der Waals surface area contributed by atoms with Gasteiger partial charge in [-0.15, -0.1) is 0 Å². The van der Waals surface area contributed by atoms with Crippen LogP contribution in [0.2, 0.25) is 0 Å². The third-order valence-electron chi connectivity index (χ3n) is 4.46. The number of hydrogen-bond acceptors (Lipinski definition) is 8. The van der Waals surface area contributed by atoms with E-state index in [1.54, 1.807) is 27.7 Å². The number of likely N-dealkylation sites (N-methyl/N-ethyl adjacent to an activating group) is 2. The SMILES string of the molecule is CNC(=O)CN(CCN(CC(=O)NC)[C@@H](C(=O)O)C(C)(C)S)[C@@H](C(=O)O)C(C)(C)S. The first-order valence-electron chi connectivity index (χ1n) is 9.35. The standard InChI is InChI=1S/C18H34N4O6S2/c1-17(2,29)13(15(25)26)21(9-11(23)19-5)7-8-22(10-12(24)20-6)14(16(27)28)18(3,4)30/h13-14,29-30H,7-10H2,1-6H3,(H,19,23)(H,20,24)(H,25,26)(H,27,28)/t13-,14-/m0/s1. The first kappa shape index (κ1) is 28.5. The van der Waals surface area contributed by atoms with Crippen LogP contribution in [0.1, 0.15) is 27.7 Å². The average Bonchev–Trinajstić information content (AvgIpc) is 2.55. The fourth-order valence-corrected chi connectivity index (χ4v) is 3.74. The largest absolute Gasteiger partial charge is 0.480 e. The number of hydrogen-bond donors (Lipinski definition) is 6. The molecular formula is C18H34N4O6S2. The molecule has 0 saturated carbocycles. The van der Waals surface area contributed by atoms with Crippen LogP contribution in [0, 0.1) is 0 Å². The maximum absolute atomic E-state index is 12.0. The van der Waals surface area contributed by atoms with Crippen molar-refractivity contribution in [2.45, 2.75) is 49.3 Å². The lowest BCUT2D eigenvalue weighted by Gasteiger charge is -2.40. The molecule has 10 nitrogen and oxygen atoms in total. The quantitative estimate of drug-likeness (QED) is 0.198. The van der Waals surface area contributed by atoms with Crippen molar-refractivity contribution in [2.75, 3.05) is 40.3 Å². The molecule has 0 heterocycles. The van der Waals surface area contributed by atoms with Crippen molar-refractivity contribution in [1.82, 2.24) is 20.4 Å². The number of nitrogens with zero attached hydrogens (tertiary/aromatic N) is 2. The second-order valence-electron chi connectivity index (χ2n) is 8.08. The normalized spacial score (nSPS) is 14.3. The van der Waals surface area contributed by atoms with Crippen LogP contribution in [0.5, 0.6) is 0 Å². The molecule has 0 aromatic rings. The summed E-state index contributed by atoms with van der Waals surface area (Å²) < 4.78 is -2.00. The summed E-state index contributed by atoms with van der Waals surface area (Å²) in [5.74, 6) is -3.14. The first-order chi connectivity index (χ1) is 13.6. The van der Waals surface area contributed by atoms with E-state index in [-0.39, 0.29) is 26.2 Å². The van der Waals surface area contributed by atoms with E-state index in [1.807, 2.05) is 0 Å². The Morgan fingerprint density at radius 2 is 1.03 bits per heavy atom. The van der Waals surface area contributed by atoms with Crippen molar-refractivity contribution in [3.63, 3.8) is 0 Å². The van der Waals surface area contributed by atoms with Gasteiger partial charge in [0, 0.05) is 36.7 Å². The third-order valence-corrected chi connectivity index (χ3v) is 4.95. The minimum absolute atomic E-state index is 0.0129. The summed E-state index contributed by atoms with van der Waals surface area (Å²) in [6, 6.07) is -2.26. The van der Waals surface area contributed by atoms with Crippen molar-refractivity contribution >= 4 is 49.0 Å². The Morgan fingerprint density at radius 1 is 0.767 bits per heavy atom. The summed E-state index contributed by atoms with van der Waals surface area (Å²) in [4.78, 5) is 50.7. The van der Waals surface area contributed by atoms with Gasteiger partial charge >= 0.3 is 11.9 Å². The van der Waals surface area contributed by atoms with Crippen LogP contribution >= 0.6 is 25.3 Å². The van der Waals surface area contributed by atoms with E-state index in [0.29, 0.717) is 0 Å². The number of carbonyl (C=O) groups is 4. The fraction of sp³-hybridized carbons (Fsp3) is 0.778. The zero-order valence-corrected chi connectivity index (χ0v) is 20.1. The van der Waals surface area contributed by atoms with Crippen LogP contribution in [-0.2, 0) is 19.2 Å². The minimum atomic E-state index is -1.17. The molecule has 12 heteroatoms. The van der Waals surface area contributed by atoms with Gasteiger partial charge in [0.1, 0.15) is 12.1 Å². The molecule has 0 aromatic carbocycles. The molecule has 0 aromatic heterocycles. The highest BCUT2D eigenvalue weighted by Gasteiger charge is 2.41. The van der Waals surface area contributed by atoms with E-state index in [1.165, 1.54) is 23.9 Å². The summed E-state index contributed by atoms with van der Waals surface area (Å²) >= 11 is 8.75. The molecule has 0 aliphatic rings. The highest BCUT2D eigenvalue weighted by molar-refractivity contribution is 7.82. The highest BCUT2D eigenvalue weighted by atomic mass is 32.1. The van der Waals surface area contributed by atoms with Crippen molar-refractivity contribution in [1.29, 1.82) is 0 Å². The Morgan fingerprint density at radius 3 is 1.20 bits per heavy atom. The summed E-state index contributed by atoms with van der Waals surface area (Å²) in [5, 5.41) is 24.4. The molecule has 2 atom stereocenters. The van der Waals surface area contributed by atoms with Gasteiger partial charge in [-0.3, -0.25) is 29.0 Å². The molecule has 0 radical (unpaired) electrons. The van der Waals surface area contributed by atoms with Gasteiger partial charge in [0.25, 0.3) is 0 Å². The minimum Gasteiger partial charge on any atom is -0.480 e. The molecule has 0 saturated heterocycles. The number of thiol groups is 2. The number of carboxylic acid groups (broad SMARTS) is 2. The van der Waals surface area contributed by atoms with Gasteiger partial charge in [-0.25, -0.2) is 0 Å². The summed E-state index contributed by atoms with van der Waals surface area (Å²) in [6.07, 6.45) is 0. The Balaban J connectivity index is 5.94. The number of aliphatic carboxylic acids is 2. The number of carbonyl (C=O) groups excluding carboxylic acids is 2. The van der Waals surface area contributed by atoms with E-state index < -0.39 is 45.3 Å². The second-order valence-corrected chi connectivity index (χ2v) is 10.4. The van der Waals surface area contributed by atoms with Gasteiger partial charge < -0.3 is 20.8 Å². The van der Waals surface area contributed by atoms with Crippen molar-refractivity contribution < 1.29 is 29.4 Å². The second kappa shape index (κ2) is 11.8. The van der Waals surface area contributed by atoms with Crippen molar-refractivity contribution in [3.05, 3.63) is 0 Å². The molecule has 2 amide bonds. The van der Waals surface area contributed by atoms with E-state index in [9.17, 15) is 29.4 Å². The molecule has 0 fully saturated rings. The zero-order chi connectivity index (χ0) is 23.9. The van der Waals surface area contributed by atoms with E-state index in [2.05, 4.69) is 35.9 Å². The summed E-state index contributed by atoms with van der Waals surface area (Å²) in [6.45, 7) is 6.03. The summed E-state index contributed by atoms with van der Waals surface area (Å²) in [7, 11) is 2.87. The highest BCUT2D eigenvalue weighted by Crippen LogP contribution is 2.25. The molecule has 0 aliphatic carbocycles. The monoisotopic (exact) mass is 466 g/mol. The molecule has 4 N–H and O–H groups in total. The van der Waals surface area contributed by atoms with E-state index in [0.717, 1.165) is 0 Å². The molecular weight excluding hydrogens is 432 g/mol. The predicted octanol–water partition coefficient (Wildman–Crippen LogP) is -0.594. The topological polar surface area (TPSA) is 139 Å². The predicted molar refractivity (Wildman–Crippen MR) is 120 cm³/mol. The van der Waals surface area contributed by atoms with Gasteiger partial charge in [0.2, 0.25) is 11.8 Å². The maximum Gasteiger partial charge on any atom is 0.322 e. The number of amides is 2. The van der Waals surface area contributed by atoms with Crippen LogP contribution in [-0.4, -0.2) is 106 Å². The lowest BCUT2D eigenvalue weighted by atomic mass is 10.00. The van der Waals surface area contributed by atoms with Gasteiger partial charge in [-0.2, -0.15) is 25.3 Å². The summed E-state index contributed by atoms with van der Waals surface area (Å²) in [5.41, 5.74) is 0. The van der Waals surface area contributed by atoms with Gasteiger partial charge in [0.15, 0.2) is 0 Å². The van der Waals surface area contributed by atoms with Crippen LogP contribution < -0.4 is 10.6 Å². The van der Waals surface area contributed by atoms with Crippen LogP contribution in [0.4, 0.5) is 0 Å². The molecule has 174 valence electrons. The molecule has 30 heavy (non-hydrogen) atoms. The van der Waals surface area contributed by atoms with E-state index >= 15 is 0 Å². The number of rotatable bonds is 13. The molecule has 0 aliphatic heterocycles. The lowest BCUT2D eigenvalue weighted by molar-refractivity contribution is -0.148. The number of nitrogens with one attached hydrogen (secondary N) is 2. The van der Waals surface area contributed by atoms with Crippen molar-refractivity contribution in [2.24, 2.45) is 0 Å². The Bertz CT molecular complexity index is 579. The smallest absolute Gasteiger partial charge is 0.322 e. The van der Waals surface area contributed by atoms with Gasteiger partial charge in [-0.05, 0) is 27.7 Å². The maximum atomic E-state index is 12.0. The Kier molecular flexibility index (Phi) is 11.2. The van der Waals surface area contributed by atoms with Crippen LogP contribution in [0.25, 0.3) is 0 Å². The molecule has 0 bridgehead atoms. The van der Waals surface area contributed by atoms with Crippen LogP contribution in [0.3, 0.4) is 0 Å². The zero-order valence-electron chi connectivity index (χ0n) is 18.3. The first-order valence-corrected chi connectivity index (χ1v) is 10.2. The van der Waals surface area contributed by atoms with Gasteiger partial charge in [-0.1, -0.05) is 0 Å². The third kappa shape index (κ3) is 9.11. The lowest BCUT2D eigenvalue weighted by Crippen LogP contribution is -2.59. The van der Waals surface area contributed by atoms with Crippen LogP contribution in [0.15, 0.2) is 0 Å². The molecule has 0 spiro atoms. The number of carboxylic acids is 2. The Labute approximate surface area is 188 Å².